The Balaban J connectivity index is 1.54. The van der Waals surface area contributed by atoms with E-state index in [1.165, 1.54) is 13.3 Å². The molecule has 0 radical (unpaired) electrons. The highest BCUT2D eigenvalue weighted by atomic mass is 16.5. The Hall–Kier alpha value is -4.13. The van der Waals surface area contributed by atoms with Crippen LogP contribution in [0.1, 0.15) is 33.2 Å². The zero-order valence-corrected chi connectivity index (χ0v) is 17.2. The average Bonchev–Trinajstić information content (AvgIpc) is 2.81. The van der Waals surface area contributed by atoms with E-state index in [4.69, 9.17) is 14.2 Å². The fourth-order valence-corrected chi connectivity index (χ4v) is 2.64. The van der Waals surface area contributed by atoms with Gasteiger partial charge in [0.1, 0.15) is 17.2 Å². The predicted octanol–water partition coefficient (Wildman–Crippen LogP) is 4.08. The molecule has 0 spiro atoms. The smallest absolute Gasteiger partial charge is 0.343 e. The number of carbonyl (C=O) groups excluding carboxylic acids is 2. The Morgan fingerprint density at radius 3 is 2.29 bits per heavy atom. The monoisotopic (exact) mass is 418 g/mol. The first-order chi connectivity index (χ1) is 15.1. The minimum absolute atomic E-state index is 0.351. The number of amides is 1. The molecule has 1 N–H and O–H groups in total. The van der Waals surface area contributed by atoms with Crippen molar-refractivity contribution in [1.29, 1.82) is 0 Å². The Labute approximate surface area is 180 Å². The molecule has 0 aromatic heterocycles. The molecule has 0 heterocycles. The van der Waals surface area contributed by atoms with Crippen molar-refractivity contribution < 1.29 is 23.8 Å². The van der Waals surface area contributed by atoms with Crippen LogP contribution in [-0.2, 0) is 0 Å². The lowest BCUT2D eigenvalue weighted by molar-refractivity contribution is 0.0734. The number of esters is 1. The number of carbonyl (C=O) groups is 2. The van der Waals surface area contributed by atoms with Gasteiger partial charge in [-0.3, -0.25) is 4.79 Å². The van der Waals surface area contributed by atoms with E-state index in [2.05, 4.69) is 10.5 Å². The number of methoxy groups -OCH3 is 1. The number of ether oxygens (including phenoxy) is 3. The maximum absolute atomic E-state index is 12.2. The topological polar surface area (TPSA) is 86.2 Å². The Morgan fingerprint density at radius 1 is 0.903 bits per heavy atom. The number of nitrogens with zero attached hydrogens (tertiary/aromatic N) is 1. The van der Waals surface area contributed by atoms with E-state index in [0.29, 0.717) is 35.0 Å². The van der Waals surface area contributed by atoms with Crippen molar-refractivity contribution in [3.05, 3.63) is 89.5 Å². The molecule has 7 nitrogen and oxygen atoms in total. The molecule has 0 saturated carbocycles. The summed E-state index contributed by atoms with van der Waals surface area (Å²) in [5.74, 6) is 0.871. The Bertz CT molecular complexity index is 1060. The zero-order valence-electron chi connectivity index (χ0n) is 17.2. The van der Waals surface area contributed by atoms with Gasteiger partial charge in [-0.2, -0.15) is 5.10 Å². The van der Waals surface area contributed by atoms with Gasteiger partial charge in [-0.05, 0) is 79.2 Å². The molecule has 158 valence electrons. The summed E-state index contributed by atoms with van der Waals surface area (Å²) in [5, 5.41) is 3.95. The highest BCUT2D eigenvalue weighted by Gasteiger charge is 2.09. The molecule has 0 saturated heterocycles. The molecule has 0 unspecified atom stereocenters. The van der Waals surface area contributed by atoms with Gasteiger partial charge >= 0.3 is 5.97 Å². The minimum atomic E-state index is -0.463. The summed E-state index contributed by atoms with van der Waals surface area (Å²) in [6.07, 6.45) is 1.50. The summed E-state index contributed by atoms with van der Waals surface area (Å²) in [4.78, 5) is 24.4. The third-order valence-corrected chi connectivity index (χ3v) is 4.20. The van der Waals surface area contributed by atoms with Crippen LogP contribution in [-0.4, -0.2) is 31.8 Å². The van der Waals surface area contributed by atoms with Gasteiger partial charge in [-0.1, -0.05) is 6.07 Å². The molecule has 3 aromatic rings. The van der Waals surface area contributed by atoms with Crippen LogP contribution in [0.3, 0.4) is 0 Å². The van der Waals surface area contributed by atoms with Crippen molar-refractivity contribution in [3.63, 3.8) is 0 Å². The molecule has 3 aromatic carbocycles. The van der Waals surface area contributed by atoms with Crippen LogP contribution in [0.2, 0.25) is 0 Å². The number of nitrogens with one attached hydrogen (secondary N) is 1. The van der Waals surface area contributed by atoms with Gasteiger partial charge < -0.3 is 14.2 Å². The molecule has 0 atom stereocenters. The van der Waals surface area contributed by atoms with Gasteiger partial charge in [0.25, 0.3) is 5.91 Å². The molecule has 0 fully saturated rings. The highest BCUT2D eigenvalue weighted by Crippen LogP contribution is 2.16. The number of hydrazone groups is 1. The average molecular weight is 418 g/mol. The lowest BCUT2D eigenvalue weighted by Gasteiger charge is -2.06. The second-order valence-corrected chi connectivity index (χ2v) is 6.35. The van der Waals surface area contributed by atoms with Crippen LogP contribution in [0.25, 0.3) is 0 Å². The standard InChI is InChI=1S/C24H22N2O5/c1-3-30-20-13-9-18(10-14-20)24(28)31-21-11-7-17(8-12-21)16-25-26-23(27)19-5-4-6-22(15-19)29-2/h4-16H,3H2,1-2H3,(H,26,27)/b25-16+. The quantitative estimate of drug-likeness (QED) is 0.258. The van der Waals surface area contributed by atoms with E-state index in [-0.39, 0.29) is 5.91 Å². The summed E-state index contributed by atoms with van der Waals surface area (Å²) in [6, 6.07) is 20.3. The molecule has 7 heteroatoms. The molecule has 31 heavy (non-hydrogen) atoms. The highest BCUT2D eigenvalue weighted by molar-refractivity contribution is 5.95. The fourth-order valence-electron chi connectivity index (χ4n) is 2.64. The van der Waals surface area contributed by atoms with E-state index in [1.807, 2.05) is 6.92 Å². The van der Waals surface area contributed by atoms with Crippen molar-refractivity contribution in [3.8, 4) is 17.2 Å². The first kappa shape index (κ1) is 21.6. The van der Waals surface area contributed by atoms with Gasteiger partial charge in [-0.25, -0.2) is 10.2 Å². The van der Waals surface area contributed by atoms with E-state index < -0.39 is 5.97 Å². The maximum atomic E-state index is 12.2. The van der Waals surface area contributed by atoms with Gasteiger partial charge in [0.15, 0.2) is 0 Å². The summed E-state index contributed by atoms with van der Waals surface area (Å²) >= 11 is 0. The fraction of sp³-hybridized carbons (Fsp3) is 0.125. The SMILES string of the molecule is CCOc1ccc(C(=O)Oc2ccc(/C=N/NC(=O)c3cccc(OC)c3)cc2)cc1. The molecule has 0 aliphatic carbocycles. The summed E-state index contributed by atoms with van der Waals surface area (Å²) in [7, 11) is 1.54. The normalized spacial score (nSPS) is 10.5. The molecule has 0 aliphatic heterocycles. The van der Waals surface area contributed by atoms with Crippen LogP contribution >= 0.6 is 0 Å². The number of benzene rings is 3. The summed E-state index contributed by atoms with van der Waals surface area (Å²) in [6.45, 7) is 2.45. The number of rotatable bonds is 8. The van der Waals surface area contributed by atoms with Crippen molar-refractivity contribution in [2.45, 2.75) is 6.92 Å². The largest absolute Gasteiger partial charge is 0.497 e. The maximum Gasteiger partial charge on any atom is 0.343 e. The predicted molar refractivity (Wildman–Crippen MR) is 117 cm³/mol. The number of hydrogen-bond donors (Lipinski definition) is 1. The second-order valence-electron chi connectivity index (χ2n) is 6.35. The van der Waals surface area contributed by atoms with Gasteiger partial charge in [0.05, 0.1) is 25.5 Å². The lowest BCUT2D eigenvalue weighted by Crippen LogP contribution is -2.17. The van der Waals surface area contributed by atoms with Crippen molar-refractivity contribution >= 4 is 18.1 Å². The van der Waals surface area contributed by atoms with Crippen LogP contribution in [0, 0.1) is 0 Å². The summed E-state index contributed by atoms with van der Waals surface area (Å²) in [5.41, 5.74) is 4.05. The molecular weight excluding hydrogens is 396 g/mol. The van der Waals surface area contributed by atoms with Crippen LogP contribution in [0.4, 0.5) is 0 Å². The Kier molecular flexibility index (Phi) is 7.37. The van der Waals surface area contributed by atoms with Crippen molar-refractivity contribution in [1.82, 2.24) is 5.43 Å². The van der Waals surface area contributed by atoms with E-state index in [9.17, 15) is 9.59 Å². The third-order valence-electron chi connectivity index (χ3n) is 4.20. The van der Waals surface area contributed by atoms with Crippen molar-refractivity contribution in [2.24, 2.45) is 5.10 Å². The zero-order chi connectivity index (χ0) is 22.1. The first-order valence-electron chi connectivity index (χ1n) is 9.61. The molecule has 0 aliphatic rings. The van der Waals surface area contributed by atoms with E-state index in [1.54, 1.807) is 72.8 Å². The van der Waals surface area contributed by atoms with E-state index >= 15 is 0 Å². The number of hydrogen-bond acceptors (Lipinski definition) is 6. The first-order valence-corrected chi connectivity index (χ1v) is 9.61. The molecule has 0 bridgehead atoms. The molecule has 3 rings (SSSR count). The minimum Gasteiger partial charge on any atom is -0.497 e. The third kappa shape index (κ3) is 6.17. The Morgan fingerprint density at radius 2 is 1.61 bits per heavy atom. The van der Waals surface area contributed by atoms with E-state index in [0.717, 1.165) is 5.56 Å². The van der Waals surface area contributed by atoms with Gasteiger partial charge in [0, 0.05) is 5.56 Å². The molecular formula is C24H22N2O5. The van der Waals surface area contributed by atoms with Crippen LogP contribution in [0.15, 0.2) is 77.9 Å². The lowest BCUT2D eigenvalue weighted by atomic mass is 10.2. The van der Waals surface area contributed by atoms with Gasteiger partial charge in [0.2, 0.25) is 0 Å². The van der Waals surface area contributed by atoms with Gasteiger partial charge in [-0.15, -0.1) is 0 Å². The van der Waals surface area contributed by atoms with Crippen LogP contribution < -0.4 is 19.6 Å². The summed E-state index contributed by atoms with van der Waals surface area (Å²) < 4.78 is 15.8. The van der Waals surface area contributed by atoms with Crippen LogP contribution in [0.5, 0.6) is 17.2 Å². The van der Waals surface area contributed by atoms with Crippen molar-refractivity contribution in [2.75, 3.05) is 13.7 Å². The second kappa shape index (κ2) is 10.6. The molecule has 1 amide bonds.